The molecule has 1 aromatic heterocycles. The zero-order valence-electron chi connectivity index (χ0n) is 24.4. The molecule has 2 saturated heterocycles. The summed E-state index contributed by atoms with van der Waals surface area (Å²) in [5.41, 5.74) is 0.337. The minimum atomic E-state index is -1.63. The van der Waals surface area contributed by atoms with Gasteiger partial charge in [0.2, 0.25) is 5.91 Å². The van der Waals surface area contributed by atoms with Crippen LogP contribution in [0.25, 0.3) is 0 Å². The smallest absolute Gasteiger partial charge is 0.335 e. The molecule has 2 bridgehead atoms. The normalized spacial score (nSPS) is 23.4. The molecule has 4 heterocycles. The number of likely N-dealkylation sites (tertiary alicyclic amines) is 1. The molecular formula is C32H34N4O7. The van der Waals surface area contributed by atoms with Gasteiger partial charge in [-0.25, -0.2) is 9.69 Å². The number of aromatic nitrogens is 1. The number of anilines is 1. The lowest BCUT2D eigenvalue weighted by Crippen LogP contribution is -2.68. The molecule has 11 heteroatoms. The highest BCUT2D eigenvalue weighted by Gasteiger charge is 2.56. The number of rotatable bonds is 8. The number of methoxy groups -OCH3 is 3. The van der Waals surface area contributed by atoms with E-state index in [1.807, 2.05) is 10.6 Å². The molecule has 3 aromatic rings. The number of carbonyl (C=O) groups excluding carboxylic acids is 3. The molecule has 43 heavy (non-hydrogen) atoms. The Morgan fingerprint density at radius 3 is 2.35 bits per heavy atom. The number of piperidine rings is 1. The second-order valence-electron chi connectivity index (χ2n) is 11.4. The van der Waals surface area contributed by atoms with Gasteiger partial charge < -0.3 is 23.7 Å². The first-order valence-electron chi connectivity index (χ1n) is 14.2. The molecule has 0 aliphatic carbocycles. The molecule has 11 nitrogen and oxygen atoms in total. The van der Waals surface area contributed by atoms with Gasteiger partial charge in [0.25, 0.3) is 11.5 Å². The van der Waals surface area contributed by atoms with E-state index in [4.69, 9.17) is 14.2 Å². The summed E-state index contributed by atoms with van der Waals surface area (Å²) in [7, 11) is 4.59. The van der Waals surface area contributed by atoms with Crippen molar-refractivity contribution in [1.82, 2.24) is 14.8 Å². The van der Waals surface area contributed by atoms with Crippen LogP contribution in [0.5, 0.6) is 17.2 Å². The average Bonchev–Trinajstić information content (AvgIpc) is 3.01. The lowest BCUT2D eigenvalue weighted by Gasteiger charge is -2.47. The SMILES string of the molecule is COc1ccc(N2C(=O)NC(=O)C(Cc3ccc(OC)c(OC)c3)(CN3CC4C[C@H](C3)c3cccc(=O)n3C4)C2=O)cc1. The van der Waals surface area contributed by atoms with Gasteiger partial charge in [0.1, 0.15) is 11.2 Å². The molecule has 6 rings (SSSR count). The van der Waals surface area contributed by atoms with E-state index in [1.54, 1.807) is 54.6 Å². The highest BCUT2D eigenvalue weighted by atomic mass is 16.5. The third-order valence-corrected chi connectivity index (χ3v) is 8.80. The lowest BCUT2D eigenvalue weighted by atomic mass is 9.75. The maximum atomic E-state index is 14.6. The van der Waals surface area contributed by atoms with E-state index in [0.717, 1.165) is 17.0 Å². The van der Waals surface area contributed by atoms with Crippen LogP contribution in [-0.2, 0) is 22.6 Å². The number of amides is 4. The van der Waals surface area contributed by atoms with Gasteiger partial charge in [-0.15, -0.1) is 0 Å². The highest BCUT2D eigenvalue weighted by molar-refractivity contribution is 6.30. The number of nitrogens with one attached hydrogen (secondary N) is 1. The zero-order valence-corrected chi connectivity index (χ0v) is 24.4. The van der Waals surface area contributed by atoms with Crippen molar-refractivity contribution in [2.45, 2.75) is 25.3 Å². The Morgan fingerprint density at radius 2 is 1.63 bits per heavy atom. The number of hydrogen-bond acceptors (Lipinski definition) is 8. The van der Waals surface area contributed by atoms with Crippen molar-refractivity contribution in [3.8, 4) is 17.2 Å². The summed E-state index contributed by atoms with van der Waals surface area (Å²) in [6.45, 7) is 1.87. The average molecular weight is 587 g/mol. The van der Waals surface area contributed by atoms with Crippen molar-refractivity contribution < 1.29 is 28.6 Å². The van der Waals surface area contributed by atoms with Crippen molar-refractivity contribution in [3.63, 3.8) is 0 Å². The lowest BCUT2D eigenvalue weighted by molar-refractivity contribution is -0.144. The summed E-state index contributed by atoms with van der Waals surface area (Å²) in [6.07, 6.45) is 0.957. The molecule has 0 saturated carbocycles. The number of imide groups is 2. The van der Waals surface area contributed by atoms with Crippen LogP contribution in [0.1, 0.15) is 23.6 Å². The van der Waals surface area contributed by atoms with E-state index in [1.165, 1.54) is 21.3 Å². The van der Waals surface area contributed by atoms with E-state index in [-0.39, 0.29) is 30.4 Å². The third kappa shape index (κ3) is 5.03. The number of barbiturate groups is 1. The molecule has 224 valence electrons. The Kier molecular flexibility index (Phi) is 7.43. The van der Waals surface area contributed by atoms with E-state index in [0.29, 0.717) is 48.1 Å². The van der Waals surface area contributed by atoms with Gasteiger partial charge in [0.05, 0.1) is 27.0 Å². The number of ether oxygens (including phenoxy) is 3. The fourth-order valence-electron chi connectivity index (χ4n) is 6.84. The Morgan fingerprint density at radius 1 is 0.860 bits per heavy atom. The summed E-state index contributed by atoms with van der Waals surface area (Å²) in [5.74, 6) is 0.582. The van der Waals surface area contributed by atoms with Crippen LogP contribution in [0.3, 0.4) is 0 Å². The molecule has 1 N–H and O–H groups in total. The monoisotopic (exact) mass is 586 g/mol. The molecular weight excluding hydrogens is 552 g/mol. The number of fused-ring (bicyclic) bond motifs is 4. The van der Waals surface area contributed by atoms with Crippen molar-refractivity contribution in [1.29, 1.82) is 0 Å². The van der Waals surface area contributed by atoms with Gasteiger partial charge in [0.15, 0.2) is 11.5 Å². The predicted molar refractivity (Wildman–Crippen MR) is 158 cm³/mol. The molecule has 0 radical (unpaired) electrons. The van der Waals surface area contributed by atoms with Crippen LogP contribution in [0.2, 0.25) is 0 Å². The Bertz CT molecular complexity index is 1640. The second kappa shape index (κ2) is 11.2. The van der Waals surface area contributed by atoms with Crippen LogP contribution < -0.4 is 30.0 Å². The first-order chi connectivity index (χ1) is 20.8. The molecule has 3 aliphatic rings. The van der Waals surface area contributed by atoms with Crippen molar-refractivity contribution in [2.75, 3.05) is 45.9 Å². The van der Waals surface area contributed by atoms with Gasteiger partial charge in [-0.1, -0.05) is 12.1 Å². The van der Waals surface area contributed by atoms with Crippen LogP contribution in [0.15, 0.2) is 65.5 Å². The quantitative estimate of drug-likeness (QED) is 0.401. The minimum absolute atomic E-state index is 0.0129. The van der Waals surface area contributed by atoms with Crippen LogP contribution >= 0.6 is 0 Å². The first kappa shape index (κ1) is 28.5. The molecule has 3 aliphatic heterocycles. The highest BCUT2D eigenvalue weighted by Crippen LogP contribution is 2.40. The minimum Gasteiger partial charge on any atom is -0.497 e. The molecule has 4 amide bonds. The topological polar surface area (TPSA) is 119 Å². The number of nitrogens with zero attached hydrogens (tertiary/aromatic N) is 3. The Balaban J connectivity index is 1.39. The molecule has 2 aromatic carbocycles. The maximum absolute atomic E-state index is 14.6. The standard InChI is InChI=1S/C32H34N4O7/c1-41-24-10-8-23(9-11-24)36-30(39)32(29(38)33-31(36)40,15-20-7-12-26(42-2)27(14-20)43-3)19-34-16-21-13-22(18-34)25-5-4-6-28(37)35(25)17-21/h4-12,14,21-22H,13,15-19H2,1-3H3,(H,33,38,40)/t21?,22-,32?/m1/s1. The fraction of sp³-hybridized carbons (Fsp3) is 0.375. The van der Waals surface area contributed by atoms with Gasteiger partial charge in [-0.3, -0.25) is 19.7 Å². The van der Waals surface area contributed by atoms with Gasteiger partial charge in [-0.05, 0) is 66.8 Å². The Labute approximate surface area is 248 Å². The van der Waals surface area contributed by atoms with Crippen LogP contribution in [0, 0.1) is 11.3 Å². The summed E-state index contributed by atoms with van der Waals surface area (Å²) < 4.78 is 18.0. The number of hydrogen-bond donors (Lipinski definition) is 1. The summed E-state index contributed by atoms with van der Waals surface area (Å²) in [6, 6.07) is 16.4. The number of carbonyl (C=O) groups is 3. The van der Waals surface area contributed by atoms with Crippen LogP contribution in [-0.4, -0.2) is 68.3 Å². The molecule has 2 fully saturated rings. The van der Waals surface area contributed by atoms with Crippen molar-refractivity contribution in [3.05, 3.63) is 82.3 Å². The maximum Gasteiger partial charge on any atom is 0.335 e. The van der Waals surface area contributed by atoms with E-state index in [9.17, 15) is 19.2 Å². The number of benzene rings is 2. The van der Waals surface area contributed by atoms with Crippen molar-refractivity contribution >= 4 is 23.5 Å². The molecule has 3 atom stereocenters. The van der Waals surface area contributed by atoms with Gasteiger partial charge in [-0.2, -0.15) is 0 Å². The molecule has 2 unspecified atom stereocenters. The number of urea groups is 1. The van der Waals surface area contributed by atoms with Gasteiger partial charge >= 0.3 is 6.03 Å². The first-order valence-corrected chi connectivity index (χ1v) is 14.2. The molecule has 0 spiro atoms. The fourth-order valence-corrected chi connectivity index (χ4v) is 6.84. The summed E-state index contributed by atoms with van der Waals surface area (Å²) in [5, 5.41) is 2.48. The Hall–Kier alpha value is -4.64. The largest absolute Gasteiger partial charge is 0.497 e. The van der Waals surface area contributed by atoms with Crippen LogP contribution in [0.4, 0.5) is 10.5 Å². The second-order valence-corrected chi connectivity index (χ2v) is 11.4. The van der Waals surface area contributed by atoms with E-state index >= 15 is 0 Å². The van der Waals surface area contributed by atoms with E-state index < -0.39 is 23.3 Å². The van der Waals surface area contributed by atoms with E-state index in [2.05, 4.69) is 10.2 Å². The van der Waals surface area contributed by atoms with Crippen molar-refractivity contribution in [2.24, 2.45) is 11.3 Å². The predicted octanol–water partition coefficient (Wildman–Crippen LogP) is 2.81. The zero-order chi connectivity index (χ0) is 30.3. The summed E-state index contributed by atoms with van der Waals surface area (Å²) >= 11 is 0. The third-order valence-electron chi connectivity index (χ3n) is 8.80. The number of pyridine rings is 1. The van der Waals surface area contributed by atoms with Gasteiger partial charge in [0, 0.05) is 43.9 Å². The summed E-state index contributed by atoms with van der Waals surface area (Å²) in [4.78, 5) is 57.4.